The first-order chi connectivity index (χ1) is 21.0. The van der Waals surface area contributed by atoms with Gasteiger partial charge >= 0.3 is 21.2 Å². The highest BCUT2D eigenvalue weighted by molar-refractivity contribution is 7.55. The molecule has 0 aromatic heterocycles. The van der Waals surface area contributed by atoms with Crippen molar-refractivity contribution in [1.82, 2.24) is 0 Å². The van der Waals surface area contributed by atoms with Crippen LogP contribution in [0.1, 0.15) is 122 Å². The summed E-state index contributed by atoms with van der Waals surface area (Å²) in [5, 5.41) is 32.7. The molecule has 14 nitrogen and oxygen atoms in total. The van der Waals surface area contributed by atoms with Crippen molar-refractivity contribution in [2.45, 2.75) is 156 Å². The van der Waals surface area contributed by atoms with Crippen LogP contribution in [0.4, 0.5) is 0 Å². The first-order valence-corrected chi connectivity index (χ1v) is 19.0. The fourth-order valence-corrected chi connectivity index (χ4v) is 9.23. The van der Waals surface area contributed by atoms with E-state index in [0.717, 1.165) is 9.48 Å². The van der Waals surface area contributed by atoms with Crippen LogP contribution >= 0.6 is 15.2 Å². The Morgan fingerprint density at radius 2 is 1.11 bits per heavy atom. The Hall–Kier alpha value is -1.82. The van der Waals surface area contributed by atoms with Crippen LogP contribution < -0.4 is 0 Å². The van der Waals surface area contributed by atoms with E-state index >= 15 is 0 Å². The van der Waals surface area contributed by atoms with E-state index in [9.17, 15) is 29.5 Å². The Morgan fingerprint density at radius 3 is 1.39 bits per heavy atom. The van der Waals surface area contributed by atoms with E-state index in [-0.39, 0.29) is 25.4 Å². The van der Waals surface area contributed by atoms with Crippen molar-refractivity contribution in [2.75, 3.05) is 13.2 Å². The normalized spacial score (nSPS) is 26.5. The lowest BCUT2D eigenvalue weighted by atomic mass is 9.99. The van der Waals surface area contributed by atoms with Gasteiger partial charge in [-0.15, -0.1) is 0 Å². The molecule has 0 saturated carbocycles. The summed E-state index contributed by atoms with van der Waals surface area (Å²) in [6, 6.07) is 0. The number of carbonyl (C=O) groups excluding carboxylic acids is 1. The summed E-state index contributed by atoms with van der Waals surface area (Å²) in [4.78, 5) is 11.7. The monoisotopic (exact) mass is 697 g/mol. The van der Waals surface area contributed by atoms with E-state index < -0.39 is 42.9 Å². The van der Waals surface area contributed by atoms with Gasteiger partial charge in [0, 0.05) is 59.3 Å². The van der Waals surface area contributed by atoms with E-state index in [1.807, 2.05) is 0 Å². The van der Waals surface area contributed by atoms with Crippen LogP contribution in [-0.4, -0.2) is 86.0 Å². The molecule has 0 saturated heterocycles. The smallest absolute Gasteiger partial charge is 0.402 e. The van der Waals surface area contributed by atoms with Crippen LogP contribution in [0.25, 0.3) is 0 Å². The van der Waals surface area contributed by atoms with Gasteiger partial charge in [0.05, 0.1) is 25.4 Å². The minimum Gasteiger partial charge on any atom is -0.623 e. The summed E-state index contributed by atoms with van der Waals surface area (Å²) in [5.74, 6) is -0.436. The highest BCUT2D eigenvalue weighted by atomic mass is 31.2. The number of hydroxylamine groups is 3. The molecule has 46 heavy (non-hydrogen) atoms. The fourth-order valence-electron chi connectivity index (χ4n) is 4.86. The van der Waals surface area contributed by atoms with E-state index in [4.69, 9.17) is 22.8 Å². The maximum atomic E-state index is 12.9. The largest absolute Gasteiger partial charge is 0.623 e. The van der Waals surface area contributed by atoms with Crippen LogP contribution in [0, 0.1) is 15.6 Å². The molecular weight excluding hydrogens is 640 g/mol. The number of hydrogen-bond donors (Lipinski definition) is 0. The van der Waals surface area contributed by atoms with Crippen molar-refractivity contribution in [3.63, 3.8) is 0 Å². The van der Waals surface area contributed by atoms with E-state index in [0.29, 0.717) is 43.3 Å². The predicted octanol–water partition coefficient (Wildman–Crippen LogP) is 6.93. The molecule has 3 heterocycles. The topological polar surface area (TPSA) is 176 Å². The number of ether oxygens (including phenoxy) is 1. The molecule has 3 aliphatic heterocycles. The van der Waals surface area contributed by atoms with Gasteiger partial charge in [0.2, 0.25) is 0 Å². The summed E-state index contributed by atoms with van der Waals surface area (Å²) in [6.07, 6.45) is 7.38. The minimum absolute atomic E-state index is 0.245. The third kappa shape index (κ3) is 10.1. The number of rotatable bonds is 11. The first kappa shape index (κ1) is 42.2. The van der Waals surface area contributed by atoms with Crippen molar-refractivity contribution in [3.8, 4) is 0 Å². The maximum Gasteiger partial charge on any atom is 0.402 e. The Morgan fingerprint density at radius 1 is 0.739 bits per heavy atom. The Kier molecular flexibility index (Phi) is 15.2. The molecule has 0 aromatic rings. The van der Waals surface area contributed by atoms with Crippen LogP contribution in [0.15, 0.2) is 0 Å². The van der Waals surface area contributed by atoms with Crippen molar-refractivity contribution < 1.29 is 51.0 Å². The van der Waals surface area contributed by atoms with Crippen LogP contribution in [0.2, 0.25) is 0 Å². The van der Waals surface area contributed by atoms with Gasteiger partial charge in [0.15, 0.2) is 18.6 Å². The van der Waals surface area contributed by atoms with E-state index in [2.05, 4.69) is 0 Å². The lowest BCUT2D eigenvalue weighted by Gasteiger charge is -2.33. The summed E-state index contributed by atoms with van der Waals surface area (Å²) in [5.41, 5.74) is -1.56. The first-order valence-electron chi connectivity index (χ1n) is 16.0. The molecule has 3 rings (SSSR count). The Labute approximate surface area is 275 Å². The highest BCUT2D eigenvalue weighted by Crippen LogP contribution is 2.64. The minimum atomic E-state index is -3.47. The van der Waals surface area contributed by atoms with E-state index in [1.54, 1.807) is 83.1 Å². The average Bonchev–Trinajstić information content (AvgIpc) is 3.56. The summed E-state index contributed by atoms with van der Waals surface area (Å²) in [7, 11) is -6.82. The van der Waals surface area contributed by atoms with Crippen LogP contribution in [0.5, 0.6) is 0 Å². The van der Waals surface area contributed by atoms with Crippen LogP contribution in [0.3, 0.4) is 0 Å². The standard InChI is InChI=1S/C11H22NO4P.C10H17NO3.C9H18NO4P/c1-9(2)15-17(14,16-10(3)4)11(5)7-6-8-12(11)13;1-9(2,3)14-8(12)10(4)6-5-7-11(10)13;1-4-13-15(12,14-5-2)9(3)7-6-8-10(9)11/h8-10H,6-7H2,1-5H3;7H,5-6H2,1-4H3;8H,4-7H2,1-3H3. The second kappa shape index (κ2) is 16.5. The van der Waals surface area contributed by atoms with Crippen molar-refractivity contribution in [1.29, 1.82) is 0 Å². The van der Waals surface area contributed by atoms with E-state index in [1.165, 1.54) is 18.6 Å². The van der Waals surface area contributed by atoms with Crippen LogP contribution in [-0.2, 0) is 36.8 Å². The predicted molar refractivity (Wildman–Crippen MR) is 179 cm³/mol. The van der Waals surface area contributed by atoms with Gasteiger partial charge in [0.25, 0.3) is 16.1 Å². The zero-order chi connectivity index (χ0) is 35.8. The van der Waals surface area contributed by atoms with Gasteiger partial charge in [-0.3, -0.25) is 9.13 Å². The zero-order valence-corrected chi connectivity index (χ0v) is 31.6. The molecule has 0 N–H and O–H groups in total. The van der Waals surface area contributed by atoms with Gasteiger partial charge in [-0.25, -0.2) is 4.79 Å². The molecule has 0 aromatic carbocycles. The lowest BCUT2D eigenvalue weighted by Crippen LogP contribution is -2.45. The lowest BCUT2D eigenvalue weighted by molar-refractivity contribution is -0.518. The van der Waals surface area contributed by atoms with Crippen molar-refractivity contribution >= 4 is 39.8 Å². The second-order valence-corrected chi connectivity index (χ2v) is 18.3. The number of carbonyl (C=O) groups is 1. The maximum absolute atomic E-state index is 12.9. The molecule has 268 valence electrons. The average molecular weight is 698 g/mol. The second-order valence-electron chi connectivity index (χ2n) is 13.5. The number of nitrogens with zero attached hydrogens (tertiary/aromatic N) is 3. The molecule has 0 bridgehead atoms. The molecule has 0 fully saturated rings. The zero-order valence-electron chi connectivity index (χ0n) is 29.8. The SMILES string of the molecule is CC(C)(C)OC(=O)C1(C)CCC=[N+]1[O-].CC(C)OP(=O)(OC(C)C)C1(C)CCC=[N+]1[O-].CCOP(=O)(OCC)C1(C)CCC=[N+]1[O-]. The molecular formula is C30H57N3O11P2. The van der Waals surface area contributed by atoms with Gasteiger partial charge in [-0.1, -0.05) is 0 Å². The third-order valence-corrected chi connectivity index (χ3v) is 13.3. The molecule has 3 unspecified atom stereocenters. The van der Waals surface area contributed by atoms with Gasteiger partial charge < -0.3 is 38.5 Å². The quantitative estimate of drug-likeness (QED) is 0.0947. The van der Waals surface area contributed by atoms with Crippen molar-refractivity contribution in [2.24, 2.45) is 0 Å². The molecule has 3 aliphatic rings. The molecule has 0 aliphatic carbocycles. The Bertz CT molecular complexity index is 1210. The summed E-state index contributed by atoms with van der Waals surface area (Å²) < 4.78 is 54.0. The van der Waals surface area contributed by atoms with Gasteiger partial charge in [0.1, 0.15) is 5.60 Å². The summed E-state index contributed by atoms with van der Waals surface area (Å²) in [6.45, 7) is 21.5. The third-order valence-electron chi connectivity index (χ3n) is 7.50. The highest BCUT2D eigenvalue weighted by Gasteiger charge is 2.58. The molecule has 0 spiro atoms. The number of hydrogen-bond acceptors (Lipinski definition) is 11. The van der Waals surface area contributed by atoms with Crippen molar-refractivity contribution in [3.05, 3.63) is 15.6 Å². The number of esters is 1. The molecule has 0 radical (unpaired) electrons. The molecule has 16 heteroatoms. The molecule has 3 atom stereocenters. The van der Waals surface area contributed by atoms with Gasteiger partial charge in [-0.2, -0.15) is 14.2 Å². The van der Waals surface area contributed by atoms with Gasteiger partial charge in [-0.05, 0) is 62.3 Å². The molecule has 0 amide bonds. The fraction of sp³-hybridized carbons (Fsp3) is 0.867. The summed E-state index contributed by atoms with van der Waals surface area (Å²) >= 11 is 0. The Balaban J connectivity index is 0.000000347.